The Labute approximate surface area is 270 Å². The van der Waals surface area contributed by atoms with Crippen LogP contribution in [0, 0.1) is 10.8 Å². The molecule has 0 aromatic heterocycles. The average molecular weight is 634 g/mol. The quantitative estimate of drug-likeness (QED) is 0.200. The lowest BCUT2D eigenvalue weighted by Crippen LogP contribution is -2.38. The van der Waals surface area contributed by atoms with Gasteiger partial charge in [-0.05, 0) is 129 Å². The molecule has 0 aliphatic rings. The van der Waals surface area contributed by atoms with Gasteiger partial charge in [-0.15, -0.1) is 0 Å². The van der Waals surface area contributed by atoms with Crippen LogP contribution in [0.25, 0.3) is 0 Å². The molecule has 10 nitrogen and oxygen atoms in total. The molecular formula is C36H43NO9. The summed E-state index contributed by atoms with van der Waals surface area (Å²) in [5.41, 5.74) is -0.953. The van der Waals surface area contributed by atoms with E-state index in [1.54, 1.807) is 41.5 Å². The Morgan fingerprint density at radius 3 is 1.28 bits per heavy atom. The van der Waals surface area contributed by atoms with E-state index in [1.165, 1.54) is 66.7 Å². The van der Waals surface area contributed by atoms with Crippen LogP contribution in [0.1, 0.15) is 94.7 Å². The van der Waals surface area contributed by atoms with Crippen molar-refractivity contribution in [3.05, 3.63) is 83.4 Å². The van der Waals surface area contributed by atoms with Crippen molar-refractivity contribution in [2.45, 2.75) is 74.0 Å². The number of rotatable bonds is 9. The lowest BCUT2D eigenvalue weighted by Gasteiger charge is -2.23. The van der Waals surface area contributed by atoms with Gasteiger partial charge in [0.25, 0.3) is 0 Å². The number of hydrogen-bond donors (Lipinski definition) is 2. The van der Waals surface area contributed by atoms with Crippen molar-refractivity contribution in [3.63, 3.8) is 0 Å². The van der Waals surface area contributed by atoms with Gasteiger partial charge in [-0.25, -0.2) is 9.59 Å². The van der Waals surface area contributed by atoms with Gasteiger partial charge in [-0.2, -0.15) is 0 Å². The van der Waals surface area contributed by atoms with Crippen molar-refractivity contribution in [2.24, 2.45) is 10.8 Å². The van der Waals surface area contributed by atoms with Crippen LogP contribution in [0.4, 0.5) is 0 Å². The Hall–Kier alpha value is -4.54. The van der Waals surface area contributed by atoms with E-state index < -0.39 is 40.8 Å². The molecule has 10 heteroatoms. The zero-order chi connectivity index (χ0) is 34.4. The first-order valence-electron chi connectivity index (χ1n) is 14.9. The Morgan fingerprint density at radius 2 is 0.957 bits per heavy atom. The number of carbonyl (C=O) groups is 4. The summed E-state index contributed by atoms with van der Waals surface area (Å²) in [6.45, 7) is 16.5. The minimum Gasteiger partial charge on any atom is -0.426 e. The zero-order valence-electron chi connectivity index (χ0n) is 27.8. The molecule has 0 radical (unpaired) electrons. The van der Waals surface area contributed by atoms with Crippen LogP contribution in [-0.4, -0.2) is 41.1 Å². The SMILES string of the molecule is CC(C)(C)NCC(O)c1cc(OC(=O)c2ccc(OC(=O)C(C)(C)C)cc2)cc(OC(=O)c2ccc(OC(=O)C(C)(C)C)cc2)c1. The van der Waals surface area contributed by atoms with Crippen molar-refractivity contribution in [1.82, 2.24) is 5.32 Å². The molecule has 0 heterocycles. The third-order valence-corrected chi connectivity index (χ3v) is 6.36. The van der Waals surface area contributed by atoms with E-state index in [0.29, 0.717) is 5.56 Å². The molecule has 1 unspecified atom stereocenters. The molecule has 46 heavy (non-hydrogen) atoms. The normalized spacial score (nSPS) is 12.6. The van der Waals surface area contributed by atoms with Gasteiger partial charge in [0.1, 0.15) is 23.0 Å². The first-order chi connectivity index (χ1) is 21.2. The highest BCUT2D eigenvalue weighted by Gasteiger charge is 2.25. The fourth-order valence-corrected chi connectivity index (χ4v) is 3.60. The monoisotopic (exact) mass is 633 g/mol. The van der Waals surface area contributed by atoms with E-state index in [2.05, 4.69) is 5.32 Å². The maximum atomic E-state index is 13.0. The average Bonchev–Trinajstić information content (AvgIpc) is 2.95. The molecule has 0 fully saturated rings. The second-order valence-electron chi connectivity index (χ2n) is 14.0. The van der Waals surface area contributed by atoms with Crippen LogP contribution in [0.5, 0.6) is 23.0 Å². The van der Waals surface area contributed by atoms with Gasteiger partial charge in [0.2, 0.25) is 0 Å². The van der Waals surface area contributed by atoms with Crippen LogP contribution < -0.4 is 24.3 Å². The molecule has 1 atom stereocenters. The molecule has 0 bridgehead atoms. The number of carbonyl (C=O) groups excluding carboxylic acids is 4. The molecule has 3 rings (SSSR count). The highest BCUT2D eigenvalue weighted by atomic mass is 16.6. The minimum absolute atomic E-state index is 0.0350. The second-order valence-corrected chi connectivity index (χ2v) is 14.0. The molecule has 246 valence electrons. The largest absolute Gasteiger partial charge is 0.426 e. The summed E-state index contributed by atoms with van der Waals surface area (Å²) in [5.74, 6) is -1.63. The third kappa shape index (κ3) is 10.8. The predicted molar refractivity (Wildman–Crippen MR) is 172 cm³/mol. The van der Waals surface area contributed by atoms with E-state index in [-0.39, 0.29) is 46.2 Å². The maximum Gasteiger partial charge on any atom is 0.343 e. The first kappa shape index (κ1) is 35.9. The van der Waals surface area contributed by atoms with Crippen LogP contribution >= 0.6 is 0 Å². The Bertz CT molecular complexity index is 1450. The molecule has 0 spiro atoms. The lowest BCUT2D eigenvalue weighted by molar-refractivity contribution is -0.143. The molecule has 0 saturated heterocycles. The van der Waals surface area contributed by atoms with Crippen molar-refractivity contribution in [1.29, 1.82) is 0 Å². The summed E-state index contributed by atoms with van der Waals surface area (Å²) in [5, 5.41) is 14.1. The molecule has 0 aliphatic carbocycles. The van der Waals surface area contributed by atoms with Gasteiger partial charge in [0.15, 0.2) is 0 Å². The number of hydrogen-bond acceptors (Lipinski definition) is 10. The predicted octanol–water partition coefficient (Wildman–Crippen LogP) is 6.45. The van der Waals surface area contributed by atoms with Gasteiger partial charge in [0.05, 0.1) is 28.1 Å². The summed E-state index contributed by atoms with van der Waals surface area (Å²) in [4.78, 5) is 50.4. The summed E-state index contributed by atoms with van der Waals surface area (Å²) in [6, 6.07) is 16.1. The second kappa shape index (κ2) is 14.3. The van der Waals surface area contributed by atoms with E-state index in [4.69, 9.17) is 18.9 Å². The fourth-order valence-electron chi connectivity index (χ4n) is 3.60. The molecular weight excluding hydrogens is 590 g/mol. The van der Waals surface area contributed by atoms with Gasteiger partial charge in [-0.1, -0.05) is 0 Å². The fraction of sp³-hybridized carbons (Fsp3) is 0.389. The highest BCUT2D eigenvalue weighted by Crippen LogP contribution is 2.29. The first-order valence-corrected chi connectivity index (χ1v) is 14.9. The van der Waals surface area contributed by atoms with E-state index in [9.17, 15) is 24.3 Å². The standard InChI is InChI=1S/C36H43NO9/c1-34(2,3)32(41)45-25-14-10-22(11-15-25)30(39)43-27-18-24(29(38)21-37-36(7,8)9)19-28(20-27)44-31(40)23-12-16-26(17-13-23)46-33(42)35(4,5)6/h10-20,29,37-38H,21H2,1-9H3. The Balaban J connectivity index is 1.81. The lowest BCUT2D eigenvalue weighted by atomic mass is 9.97. The van der Waals surface area contributed by atoms with E-state index in [1.807, 2.05) is 20.8 Å². The zero-order valence-corrected chi connectivity index (χ0v) is 27.8. The molecule has 3 aromatic rings. The van der Waals surface area contributed by atoms with Gasteiger partial charge in [0, 0.05) is 18.2 Å². The molecule has 3 aromatic carbocycles. The van der Waals surface area contributed by atoms with Crippen LogP contribution in [0.2, 0.25) is 0 Å². The number of aliphatic hydroxyl groups is 1. The summed E-state index contributed by atoms with van der Waals surface area (Å²) in [7, 11) is 0. The topological polar surface area (TPSA) is 137 Å². The molecule has 0 amide bonds. The van der Waals surface area contributed by atoms with Crippen molar-refractivity contribution < 1.29 is 43.2 Å². The summed E-state index contributed by atoms with van der Waals surface area (Å²) in [6.07, 6.45) is -1.02. The highest BCUT2D eigenvalue weighted by molar-refractivity contribution is 5.92. The number of aliphatic hydroxyl groups excluding tert-OH is 1. The van der Waals surface area contributed by atoms with E-state index in [0.717, 1.165) is 0 Å². The van der Waals surface area contributed by atoms with Crippen molar-refractivity contribution in [3.8, 4) is 23.0 Å². The smallest absolute Gasteiger partial charge is 0.343 e. The number of benzene rings is 3. The summed E-state index contributed by atoms with van der Waals surface area (Å²) < 4.78 is 21.9. The van der Waals surface area contributed by atoms with Gasteiger partial charge < -0.3 is 29.4 Å². The van der Waals surface area contributed by atoms with Gasteiger partial charge in [-0.3, -0.25) is 9.59 Å². The minimum atomic E-state index is -1.02. The number of β-amino-alcohol motifs (C(OH)–C–C–N with tert-alkyl or cyclic N) is 1. The van der Waals surface area contributed by atoms with E-state index >= 15 is 0 Å². The molecule has 2 N–H and O–H groups in total. The number of nitrogens with one attached hydrogen (secondary N) is 1. The summed E-state index contributed by atoms with van der Waals surface area (Å²) >= 11 is 0. The molecule has 0 aliphatic heterocycles. The van der Waals surface area contributed by atoms with Crippen LogP contribution in [0.15, 0.2) is 66.7 Å². The Morgan fingerprint density at radius 1 is 0.587 bits per heavy atom. The van der Waals surface area contributed by atoms with Crippen molar-refractivity contribution >= 4 is 23.9 Å². The third-order valence-electron chi connectivity index (χ3n) is 6.36. The van der Waals surface area contributed by atoms with Gasteiger partial charge >= 0.3 is 23.9 Å². The van der Waals surface area contributed by atoms with Crippen LogP contribution in [-0.2, 0) is 9.59 Å². The Kier molecular flexibility index (Phi) is 11.1. The molecule has 0 saturated carbocycles. The number of ether oxygens (including phenoxy) is 4. The van der Waals surface area contributed by atoms with Crippen molar-refractivity contribution in [2.75, 3.05) is 6.54 Å². The maximum absolute atomic E-state index is 13.0. The van der Waals surface area contributed by atoms with Crippen LogP contribution in [0.3, 0.4) is 0 Å². The number of esters is 4.